The lowest BCUT2D eigenvalue weighted by Gasteiger charge is -2.10. The zero-order valence-electron chi connectivity index (χ0n) is 17.1. The number of hydrogen-bond donors (Lipinski definition) is 4. The fourth-order valence-electron chi connectivity index (χ4n) is 3.72. The summed E-state index contributed by atoms with van der Waals surface area (Å²) in [5, 5.41) is 10.5. The largest absolute Gasteiger partial charge is 0.439 e. The molecule has 1 unspecified atom stereocenters. The van der Waals surface area contributed by atoms with Gasteiger partial charge in [-0.3, -0.25) is 19.1 Å². The molecular weight excluding hydrogens is 450 g/mol. The number of amides is 2. The molecule has 0 spiro atoms. The van der Waals surface area contributed by atoms with E-state index in [0.29, 0.717) is 47.1 Å². The molecule has 168 valence electrons. The Morgan fingerprint density at radius 2 is 1.97 bits per heavy atom. The van der Waals surface area contributed by atoms with Gasteiger partial charge in [0.15, 0.2) is 5.82 Å². The van der Waals surface area contributed by atoms with Gasteiger partial charge in [0.25, 0.3) is 5.91 Å². The monoisotopic (exact) mass is 467 g/mol. The first kappa shape index (κ1) is 21.0. The number of nitrogens with zero attached hydrogens (tertiary/aromatic N) is 1. The van der Waals surface area contributed by atoms with E-state index in [-0.39, 0.29) is 23.3 Å². The maximum Gasteiger partial charge on any atom is 0.439 e. The first-order valence-electron chi connectivity index (χ1n) is 10.2. The minimum Gasteiger partial charge on any atom is -0.381 e. The maximum atomic E-state index is 13.0. The first-order chi connectivity index (χ1) is 16.0. The molecule has 2 aromatic heterocycles. The second kappa shape index (κ2) is 8.57. The van der Waals surface area contributed by atoms with Crippen molar-refractivity contribution >= 4 is 45.7 Å². The number of halogens is 1. The SMILES string of the molecule is O=C(Nc1ccc(Cl)cc1-c1noc(=O)[nH]1)c1cc2cccc(NC(=O)C3CCOC3)c2[nH]1. The zero-order chi connectivity index (χ0) is 22.9. The summed E-state index contributed by atoms with van der Waals surface area (Å²) in [6.45, 7) is 0.977. The van der Waals surface area contributed by atoms with Gasteiger partial charge in [-0.1, -0.05) is 28.9 Å². The predicted molar refractivity (Wildman–Crippen MR) is 121 cm³/mol. The van der Waals surface area contributed by atoms with Crippen LogP contribution in [0.3, 0.4) is 0 Å². The van der Waals surface area contributed by atoms with Crippen molar-refractivity contribution in [2.45, 2.75) is 6.42 Å². The number of H-pyrrole nitrogens is 2. The number of carbonyl (C=O) groups excluding carboxylic acids is 2. The molecule has 1 fully saturated rings. The summed E-state index contributed by atoms with van der Waals surface area (Å²) in [5.74, 6) is -1.33. The van der Waals surface area contributed by atoms with Crippen molar-refractivity contribution < 1.29 is 18.8 Å². The van der Waals surface area contributed by atoms with Crippen LogP contribution in [0.4, 0.5) is 11.4 Å². The number of benzene rings is 2. The van der Waals surface area contributed by atoms with Gasteiger partial charge < -0.3 is 20.4 Å². The third-order valence-electron chi connectivity index (χ3n) is 5.38. The van der Waals surface area contributed by atoms with Gasteiger partial charge in [-0.2, -0.15) is 0 Å². The van der Waals surface area contributed by atoms with Gasteiger partial charge in [-0.15, -0.1) is 0 Å². The molecule has 0 aliphatic carbocycles. The summed E-state index contributed by atoms with van der Waals surface area (Å²) in [6.07, 6.45) is 0.681. The molecule has 33 heavy (non-hydrogen) atoms. The molecule has 1 aliphatic rings. The average molecular weight is 468 g/mol. The highest BCUT2D eigenvalue weighted by atomic mass is 35.5. The predicted octanol–water partition coefficient (Wildman–Crippen LogP) is 3.39. The maximum absolute atomic E-state index is 13.0. The molecule has 4 aromatic rings. The first-order valence-corrected chi connectivity index (χ1v) is 10.5. The molecule has 11 heteroatoms. The van der Waals surface area contributed by atoms with Crippen LogP contribution >= 0.6 is 11.6 Å². The Morgan fingerprint density at radius 3 is 2.73 bits per heavy atom. The van der Waals surface area contributed by atoms with Crippen molar-refractivity contribution in [3.63, 3.8) is 0 Å². The van der Waals surface area contributed by atoms with Crippen molar-refractivity contribution in [2.24, 2.45) is 5.92 Å². The van der Waals surface area contributed by atoms with Gasteiger partial charge in [-0.25, -0.2) is 4.79 Å². The number of ether oxygens (including phenoxy) is 1. The number of para-hydroxylation sites is 1. The Kier molecular flexibility index (Phi) is 5.45. The van der Waals surface area contributed by atoms with E-state index in [1.54, 1.807) is 36.4 Å². The third kappa shape index (κ3) is 4.26. The van der Waals surface area contributed by atoms with E-state index in [4.69, 9.17) is 16.3 Å². The average Bonchev–Trinajstić information content (AvgIpc) is 3.55. The van der Waals surface area contributed by atoms with Crippen LogP contribution in [0.15, 0.2) is 51.8 Å². The summed E-state index contributed by atoms with van der Waals surface area (Å²) in [6, 6.07) is 11.8. The normalized spacial score (nSPS) is 15.6. The molecule has 0 saturated carbocycles. The number of aromatic nitrogens is 3. The van der Waals surface area contributed by atoms with Gasteiger partial charge in [0.1, 0.15) is 5.69 Å². The molecule has 4 N–H and O–H groups in total. The molecular formula is C22H18ClN5O5. The second-order valence-electron chi connectivity index (χ2n) is 7.59. The van der Waals surface area contributed by atoms with Gasteiger partial charge in [0, 0.05) is 22.6 Å². The van der Waals surface area contributed by atoms with Gasteiger partial charge in [-0.05, 0) is 36.8 Å². The van der Waals surface area contributed by atoms with Crippen molar-refractivity contribution in [1.82, 2.24) is 15.1 Å². The van der Waals surface area contributed by atoms with E-state index < -0.39 is 11.7 Å². The quantitative estimate of drug-likeness (QED) is 0.354. The Hall–Kier alpha value is -3.89. The summed E-state index contributed by atoms with van der Waals surface area (Å²) < 4.78 is 9.85. The lowest BCUT2D eigenvalue weighted by molar-refractivity contribution is -0.119. The van der Waals surface area contributed by atoms with Crippen LogP contribution in [-0.4, -0.2) is 40.2 Å². The molecule has 0 bridgehead atoms. The van der Waals surface area contributed by atoms with E-state index in [1.807, 2.05) is 6.07 Å². The Balaban J connectivity index is 1.42. The van der Waals surface area contributed by atoms with Gasteiger partial charge >= 0.3 is 5.76 Å². The molecule has 0 radical (unpaired) electrons. The molecule has 5 rings (SSSR count). The zero-order valence-corrected chi connectivity index (χ0v) is 17.9. The highest BCUT2D eigenvalue weighted by Crippen LogP contribution is 2.30. The number of aromatic amines is 2. The summed E-state index contributed by atoms with van der Waals surface area (Å²) in [5.41, 5.74) is 2.26. The molecule has 3 heterocycles. The minimum atomic E-state index is -0.725. The van der Waals surface area contributed by atoms with Crippen LogP contribution in [0, 0.1) is 5.92 Å². The molecule has 2 aromatic carbocycles. The highest BCUT2D eigenvalue weighted by Gasteiger charge is 2.24. The highest BCUT2D eigenvalue weighted by molar-refractivity contribution is 6.31. The molecule has 2 amide bonds. The Morgan fingerprint density at radius 1 is 1.09 bits per heavy atom. The van der Waals surface area contributed by atoms with Crippen molar-refractivity contribution in [3.8, 4) is 11.4 Å². The molecule has 1 atom stereocenters. The fourth-order valence-corrected chi connectivity index (χ4v) is 3.89. The standard InChI is InChI=1S/C22H18ClN5O5/c23-13-4-5-15(14(9-13)19-27-22(31)33-28-19)25-21(30)17-8-11-2-1-3-16(18(11)24-17)26-20(29)12-6-7-32-10-12/h1-5,8-9,12,24H,6-7,10H2,(H,25,30)(H,26,29)(H,27,28,31). The number of carbonyl (C=O) groups is 2. The lowest BCUT2D eigenvalue weighted by atomic mass is 10.1. The topological polar surface area (TPSA) is 142 Å². The summed E-state index contributed by atoms with van der Waals surface area (Å²) in [7, 11) is 0. The van der Waals surface area contributed by atoms with Crippen LogP contribution < -0.4 is 16.4 Å². The molecule has 1 saturated heterocycles. The number of fused-ring (bicyclic) bond motifs is 1. The van der Waals surface area contributed by atoms with Crippen LogP contribution in [0.2, 0.25) is 5.02 Å². The lowest BCUT2D eigenvalue weighted by Crippen LogP contribution is -2.22. The van der Waals surface area contributed by atoms with Gasteiger partial charge in [0.05, 0.1) is 29.4 Å². The number of rotatable bonds is 5. The fraction of sp³-hybridized carbons (Fsp3) is 0.182. The van der Waals surface area contributed by atoms with E-state index in [0.717, 1.165) is 5.39 Å². The molecule has 10 nitrogen and oxygen atoms in total. The molecule has 1 aliphatic heterocycles. The van der Waals surface area contributed by atoms with Gasteiger partial charge in [0.2, 0.25) is 5.91 Å². The van der Waals surface area contributed by atoms with Crippen molar-refractivity contribution in [3.05, 3.63) is 63.7 Å². The van der Waals surface area contributed by atoms with Crippen LogP contribution in [0.1, 0.15) is 16.9 Å². The summed E-state index contributed by atoms with van der Waals surface area (Å²) in [4.78, 5) is 42.4. The minimum absolute atomic E-state index is 0.118. The Bertz CT molecular complexity index is 1420. The van der Waals surface area contributed by atoms with E-state index in [9.17, 15) is 14.4 Å². The van der Waals surface area contributed by atoms with E-state index in [2.05, 4.69) is 30.3 Å². The number of nitrogens with one attached hydrogen (secondary N) is 4. The smallest absolute Gasteiger partial charge is 0.381 e. The third-order valence-corrected chi connectivity index (χ3v) is 5.62. The van der Waals surface area contributed by atoms with Crippen LogP contribution in [0.5, 0.6) is 0 Å². The van der Waals surface area contributed by atoms with Crippen molar-refractivity contribution in [2.75, 3.05) is 23.8 Å². The van der Waals surface area contributed by atoms with E-state index in [1.165, 1.54) is 0 Å². The van der Waals surface area contributed by atoms with Crippen molar-refractivity contribution in [1.29, 1.82) is 0 Å². The Labute approximate surface area is 191 Å². The number of anilines is 2. The van der Waals surface area contributed by atoms with E-state index >= 15 is 0 Å². The summed E-state index contributed by atoms with van der Waals surface area (Å²) >= 11 is 6.07. The van der Waals surface area contributed by atoms with Crippen LogP contribution in [-0.2, 0) is 9.53 Å². The number of hydrogen-bond acceptors (Lipinski definition) is 6. The van der Waals surface area contributed by atoms with Crippen LogP contribution in [0.25, 0.3) is 22.3 Å². The second-order valence-corrected chi connectivity index (χ2v) is 8.03.